The molecule has 0 aliphatic carbocycles. The summed E-state index contributed by atoms with van der Waals surface area (Å²) in [5.74, 6) is 1.43. The van der Waals surface area contributed by atoms with Gasteiger partial charge in [-0.3, -0.25) is 19.5 Å². The van der Waals surface area contributed by atoms with E-state index in [-0.39, 0.29) is 11.8 Å². The summed E-state index contributed by atoms with van der Waals surface area (Å²) in [5.41, 5.74) is 0. The summed E-state index contributed by atoms with van der Waals surface area (Å²) in [5, 5.41) is 3.29. The molecular weight excluding hydrogens is 320 g/mol. The lowest BCUT2D eigenvalue weighted by molar-refractivity contribution is -0.147. The Bertz CT molecular complexity index is 459. The zero-order valence-electron chi connectivity index (χ0n) is 15.6. The Labute approximate surface area is 150 Å². The molecule has 2 amide bonds. The summed E-state index contributed by atoms with van der Waals surface area (Å²) in [6.07, 6.45) is 5.03. The van der Waals surface area contributed by atoms with Crippen molar-refractivity contribution in [3.63, 3.8) is 0 Å². The van der Waals surface area contributed by atoms with Crippen molar-refractivity contribution in [1.82, 2.24) is 15.1 Å². The van der Waals surface area contributed by atoms with Gasteiger partial charge in [-0.2, -0.15) is 0 Å². The summed E-state index contributed by atoms with van der Waals surface area (Å²) in [6, 6.07) is 0. The average Bonchev–Trinajstić information content (AvgIpc) is 2.62. The topological polar surface area (TPSA) is 74.2 Å². The van der Waals surface area contributed by atoms with Crippen LogP contribution < -0.4 is 5.32 Å². The smallest absolute Gasteiger partial charge is 0.229 e. The van der Waals surface area contributed by atoms with Crippen molar-refractivity contribution in [2.75, 3.05) is 46.4 Å². The number of rotatable bonds is 7. The maximum Gasteiger partial charge on any atom is 0.229 e. The van der Waals surface area contributed by atoms with Crippen LogP contribution in [0.3, 0.4) is 0 Å². The Hall–Kier alpha value is -1.63. The zero-order valence-corrected chi connectivity index (χ0v) is 15.6. The molecule has 1 N–H and O–H groups in total. The van der Waals surface area contributed by atoms with E-state index < -0.39 is 0 Å². The highest BCUT2D eigenvalue weighted by molar-refractivity contribution is 5.97. The van der Waals surface area contributed by atoms with Crippen LogP contribution >= 0.6 is 0 Å². The number of guanidine groups is 1. The third-order valence-electron chi connectivity index (χ3n) is 4.88. The van der Waals surface area contributed by atoms with Gasteiger partial charge in [-0.15, -0.1) is 0 Å². The molecule has 25 heavy (non-hydrogen) atoms. The molecule has 0 bridgehead atoms. The fraction of sp³-hybridized carbons (Fsp3) is 0.833. The van der Waals surface area contributed by atoms with Crippen LogP contribution in [0.4, 0.5) is 0 Å². The first kappa shape index (κ1) is 19.7. The van der Waals surface area contributed by atoms with E-state index in [2.05, 4.69) is 15.2 Å². The molecule has 142 valence electrons. The number of piperidine rings is 1. The van der Waals surface area contributed by atoms with Gasteiger partial charge in [-0.05, 0) is 38.5 Å². The van der Waals surface area contributed by atoms with Crippen LogP contribution in [0.2, 0.25) is 0 Å². The molecule has 0 radical (unpaired) electrons. The Morgan fingerprint density at radius 3 is 2.60 bits per heavy atom. The number of carbonyl (C=O) groups excluding carboxylic acids is 2. The van der Waals surface area contributed by atoms with Crippen molar-refractivity contribution in [1.29, 1.82) is 0 Å². The number of imide groups is 1. The van der Waals surface area contributed by atoms with Crippen LogP contribution in [0.1, 0.15) is 45.4 Å². The first-order valence-corrected chi connectivity index (χ1v) is 9.52. The van der Waals surface area contributed by atoms with E-state index in [9.17, 15) is 9.59 Å². The van der Waals surface area contributed by atoms with Crippen LogP contribution in [0.5, 0.6) is 0 Å². The second kappa shape index (κ2) is 10.4. The van der Waals surface area contributed by atoms with Crippen molar-refractivity contribution >= 4 is 17.8 Å². The molecule has 7 nitrogen and oxygen atoms in total. The van der Waals surface area contributed by atoms with E-state index in [1.54, 1.807) is 0 Å². The SMILES string of the molecule is CCNC(=NCCN1C(=O)CCCC1=O)N(C)CCC1CCOCC1. The second-order valence-corrected chi connectivity index (χ2v) is 6.79. The first-order chi connectivity index (χ1) is 12.1. The summed E-state index contributed by atoms with van der Waals surface area (Å²) in [7, 11) is 2.04. The molecule has 0 unspecified atom stereocenters. The highest BCUT2D eigenvalue weighted by Crippen LogP contribution is 2.18. The highest BCUT2D eigenvalue weighted by Gasteiger charge is 2.25. The number of carbonyl (C=O) groups is 2. The normalized spacial score (nSPS) is 20.1. The second-order valence-electron chi connectivity index (χ2n) is 6.79. The molecule has 0 aromatic heterocycles. The number of hydrogen-bond acceptors (Lipinski definition) is 4. The highest BCUT2D eigenvalue weighted by atomic mass is 16.5. The van der Waals surface area contributed by atoms with Crippen molar-refractivity contribution in [3.8, 4) is 0 Å². The Balaban J connectivity index is 1.81. The summed E-state index contributed by atoms with van der Waals surface area (Å²) in [6.45, 7) is 6.35. The number of nitrogens with one attached hydrogen (secondary N) is 1. The molecule has 2 aliphatic rings. The van der Waals surface area contributed by atoms with Gasteiger partial charge in [-0.1, -0.05) is 0 Å². The fourth-order valence-corrected chi connectivity index (χ4v) is 3.29. The van der Waals surface area contributed by atoms with Crippen molar-refractivity contribution < 1.29 is 14.3 Å². The van der Waals surface area contributed by atoms with Gasteiger partial charge in [0.25, 0.3) is 0 Å². The number of hydrogen-bond donors (Lipinski definition) is 1. The Morgan fingerprint density at radius 2 is 1.96 bits per heavy atom. The lowest BCUT2D eigenvalue weighted by Gasteiger charge is -2.27. The first-order valence-electron chi connectivity index (χ1n) is 9.52. The summed E-state index contributed by atoms with van der Waals surface area (Å²) >= 11 is 0. The predicted octanol–water partition coefficient (Wildman–Crippen LogP) is 1.24. The minimum Gasteiger partial charge on any atom is -0.381 e. The Morgan fingerprint density at radius 1 is 1.28 bits per heavy atom. The van der Waals surface area contributed by atoms with Crippen molar-refractivity contribution in [3.05, 3.63) is 0 Å². The summed E-state index contributed by atoms with van der Waals surface area (Å²) in [4.78, 5) is 31.8. The van der Waals surface area contributed by atoms with Gasteiger partial charge in [-0.25, -0.2) is 0 Å². The van der Waals surface area contributed by atoms with Crippen LogP contribution in [-0.2, 0) is 14.3 Å². The zero-order chi connectivity index (χ0) is 18.1. The molecule has 0 saturated carbocycles. The van der Waals surface area contributed by atoms with Crippen LogP contribution in [0, 0.1) is 5.92 Å². The minimum absolute atomic E-state index is 0.0654. The largest absolute Gasteiger partial charge is 0.381 e. The summed E-state index contributed by atoms with van der Waals surface area (Å²) < 4.78 is 5.41. The molecule has 7 heteroatoms. The van der Waals surface area contributed by atoms with E-state index in [0.717, 1.165) is 57.4 Å². The van der Waals surface area contributed by atoms with Gasteiger partial charge in [0.05, 0.1) is 6.54 Å². The molecule has 2 aliphatic heterocycles. The van der Waals surface area contributed by atoms with E-state index in [0.29, 0.717) is 32.4 Å². The van der Waals surface area contributed by atoms with Gasteiger partial charge >= 0.3 is 0 Å². The lowest BCUT2D eigenvalue weighted by atomic mass is 9.96. The van der Waals surface area contributed by atoms with Crippen molar-refractivity contribution in [2.24, 2.45) is 10.9 Å². The molecule has 2 heterocycles. The van der Waals surface area contributed by atoms with E-state index in [4.69, 9.17) is 4.74 Å². The number of nitrogens with zero attached hydrogens (tertiary/aromatic N) is 3. The van der Waals surface area contributed by atoms with Crippen LogP contribution in [0.15, 0.2) is 4.99 Å². The monoisotopic (exact) mass is 352 g/mol. The molecule has 0 spiro atoms. The van der Waals surface area contributed by atoms with Gasteiger partial charge in [0.2, 0.25) is 11.8 Å². The number of aliphatic imine (C=N–C) groups is 1. The van der Waals surface area contributed by atoms with E-state index >= 15 is 0 Å². The van der Waals surface area contributed by atoms with E-state index in [1.165, 1.54) is 4.90 Å². The molecule has 0 atom stereocenters. The Kier molecular flexibility index (Phi) is 8.18. The van der Waals surface area contributed by atoms with E-state index in [1.807, 2.05) is 14.0 Å². The van der Waals surface area contributed by atoms with Gasteiger partial charge in [0.15, 0.2) is 5.96 Å². The standard InChI is InChI=1S/C18H32N4O3/c1-3-19-18(21(2)11-7-15-8-13-25-14-9-15)20-10-12-22-16(23)5-4-6-17(22)24/h15H,3-14H2,1-2H3,(H,19,20). The quantitative estimate of drug-likeness (QED) is 0.424. The molecular formula is C18H32N4O3. The van der Waals surface area contributed by atoms with Gasteiger partial charge in [0, 0.05) is 52.7 Å². The van der Waals surface area contributed by atoms with Gasteiger partial charge < -0.3 is 15.0 Å². The third kappa shape index (κ3) is 6.30. The van der Waals surface area contributed by atoms with Crippen LogP contribution in [0.25, 0.3) is 0 Å². The molecule has 2 fully saturated rings. The lowest BCUT2D eigenvalue weighted by Crippen LogP contribution is -2.43. The third-order valence-corrected chi connectivity index (χ3v) is 4.88. The maximum atomic E-state index is 11.8. The molecule has 0 aromatic rings. The predicted molar refractivity (Wildman–Crippen MR) is 97.3 cm³/mol. The molecule has 2 rings (SSSR count). The van der Waals surface area contributed by atoms with Crippen LogP contribution in [-0.4, -0.2) is 74.0 Å². The number of ether oxygens (including phenoxy) is 1. The number of amides is 2. The molecule has 0 aromatic carbocycles. The number of likely N-dealkylation sites (tertiary alicyclic amines) is 1. The van der Waals surface area contributed by atoms with Crippen molar-refractivity contribution in [2.45, 2.75) is 45.4 Å². The molecule has 2 saturated heterocycles. The average molecular weight is 352 g/mol. The fourth-order valence-electron chi connectivity index (χ4n) is 3.29. The van der Waals surface area contributed by atoms with Gasteiger partial charge in [0.1, 0.15) is 0 Å². The minimum atomic E-state index is -0.0654. The maximum absolute atomic E-state index is 11.8.